The Kier molecular flexibility index (Phi) is 36.1. The predicted octanol–water partition coefficient (Wildman–Crippen LogP) is -8.29. The normalized spacial score (nSPS) is 4.80. The van der Waals surface area contributed by atoms with Crippen molar-refractivity contribution in [1.29, 1.82) is 0 Å². The van der Waals surface area contributed by atoms with Crippen LogP contribution in [0.4, 0.5) is 0 Å². The third-order valence-corrected chi connectivity index (χ3v) is 0.566. The molecule has 0 aliphatic carbocycles. The second-order valence-corrected chi connectivity index (χ2v) is 1.02. The van der Waals surface area contributed by atoms with Crippen LogP contribution in [0.25, 0.3) is 0 Å². The van der Waals surface area contributed by atoms with Crippen LogP contribution in [0.2, 0.25) is 0 Å². The summed E-state index contributed by atoms with van der Waals surface area (Å²) in [5.74, 6) is 0. The molecule has 0 aliphatic heterocycles. The van der Waals surface area contributed by atoms with Gasteiger partial charge in [0.25, 0.3) is 0 Å². The second kappa shape index (κ2) is 15.7. The van der Waals surface area contributed by atoms with Gasteiger partial charge in [0.2, 0.25) is 0 Å². The molecule has 0 N–H and O–H groups in total. The van der Waals surface area contributed by atoms with Gasteiger partial charge in [0, 0.05) is 12.4 Å². The number of nitrogens with zero attached hydrogens (tertiary/aromatic N) is 1. The van der Waals surface area contributed by atoms with Crippen LogP contribution in [-0.4, -0.2) is 13.4 Å². The zero-order valence-electron chi connectivity index (χ0n) is 5.05. The van der Waals surface area contributed by atoms with Crippen molar-refractivity contribution in [3.8, 4) is 0 Å². The van der Waals surface area contributed by atoms with E-state index in [1.54, 1.807) is 12.4 Å². The van der Waals surface area contributed by atoms with Crippen molar-refractivity contribution in [3.05, 3.63) is 30.6 Å². The first-order valence-electron chi connectivity index (χ1n) is 1.85. The Morgan fingerprint density at radius 3 is 1.20 bits per heavy atom. The molecule has 0 fully saturated rings. The van der Waals surface area contributed by atoms with Crippen LogP contribution in [0.3, 0.4) is 0 Å². The van der Waals surface area contributed by atoms with Crippen LogP contribution < -0.4 is 14.1 Å². The van der Waals surface area contributed by atoms with Crippen LogP contribution in [0.15, 0.2) is 30.6 Å². The molecule has 5 heteroatoms. The van der Waals surface area contributed by atoms with Gasteiger partial charge in [-0.25, -0.2) is 0 Å². The van der Waals surface area contributed by atoms with E-state index in [0.717, 1.165) is 0 Å². The van der Waals surface area contributed by atoms with Gasteiger partial charge in [-0.3, -0.25) is 4.98 Å². The van der Waals surface area contributed by atoms with E-state index in [9.17, 15) is 0 Å². The molecule has 10 heavy (non-hydrogen) atoms. The van der Waals surface area contributed by atoms with Crippen molar-refractivity contribution in [2.24, 2.45) is 0 Å². The molecule has 0 bridgehead atoms. The maximum atomic E-state index is 3.78. The van der Waals surface area contributed by atoms with E-state index in [1.807, 2.05) is 18.2 Å². The molecule has 0 amide bonds. The number of aromatic nitrogens is 1. The molecule has 54 valence electrons. The molecule has 1 heterocycles. The predicted molar refractivity (Wildman–Crippen MR) is 30.0 cm³/mol. The number of rotatable bonds is 0. The first-order chi connectivity index (χ1) is 3.00. The van der Waals surface area contributed by atoms with Gasteiger partial charge < -0.3 is 14.1 Å². The van der Waals surface area contributed by atoms with Gasteiger partial charge in [-0.1, -0.05) is 6.07 Å². The SMILES string of the molecule is [B+3].[F-].[F-].[F-].c1ccncc1. The first kappa shape index (κ1) is 23.0. The Hall–Kier alpha value is -0.995. The second-order valence-electron chi connectivity index (χ2n) is 1.02. The smallest absolute Gasteiger partial charge is 1.00 e. The average Bonchev–Trinajstić information content (AvgIpc) is 1.72. The van der Waals surface area contributed by atoms with Gasteiger partial charge in [0.1, 0.15) is 0 Å². The quantitative estimate of drug-likeness (QED) is 0.332. The van der Waals surface area contributed by atoms with E-state index >= 15 is 0 Å². The van der Waals surface area contributed by atoms with Crippen LogP contribution >= 0.6 is 0 Å². The van der Waals surface area contributed by atoms with Crippen molar-refractivity contribution in [1.82, 2.24) is 4.98 Å². The van der Waals surface area contributed by atoms with Gasteiger partial charge in [-0.2, -0.15) is 0 Å². The van der Waals surface area contributed by atoms with E-state index in [2.05, 4.69) is 4.98 Å². The number of pyridine rings is 1. The Morgan fingerprint density at radius 2 is 1.10 bits per heavy atom. The van der Waals surface area contributed by atoms with Crippen molar-refractivity contribution in [2.75, 3.05) is 0 Å². The van der Waals surface area contributed by atoms with Crippen molar-refractivity contribution in [2.45, 2.75) is 0 Å². The summed E-state index contributed by atoms with van der Waals surface area (Å²) in [6.07, 6.45) is 3.50. The van der Waals surface area contributed by atoms with Gasteiger partial charge >= 0.3 is 8.41 Å². The summed E-state index contributed by atoms with van der Waals surface area (Å²) >= 11 is 0. The summed E-state index contributed by atoms with van der Waals surface area (Å²) in [7, 11) is 0. The first-order valence-corrected chi connectivity index (χ1v) is 1.85. The van der Waals surface area contributed by atoms with Crippen LogP contribution in [-0.2, 0) is 0 Å². The number of halogens is 3. The van der Waals surface area contributed by atoms with Crippen molar-refractivity contribution >= 4 is 8.41 Å². The third-order valence-electron chi connectivity index (χ3n) is 0.566. The molecule has 1 aromatic rings. The molecular weight excluding hydrogens is 142 g/mol. The largest absolute Gasteiger partial charge is 3.00 e. The molecule has 0 unspecified atom stereocenters. The minimum atomic E-state index is 0. The summed E-state index contributed by atoms with van der Waals surface area (Å²) in [6, 6.07) is 5.72. The van der Waals surface area contributed by atoms with Gasteiger partial charge in [-0.05, 0) is 12.1 Å². The van der Waals surface area contributed by atoms with Crippen molar-refractivity contribution < 1.29 is 14.1 Å². The molecule has 1 aromatic heterocycles. The number of hydrogen-bond donors (Lipinski definition) is 0. The van der Waals surface area contributed by atoms with Crippen LogP contribution in [0.1, 0.15) is 0 Å². The van der Waals surface area contributed by atoms with Crippen LogP contribution in [0.5, 0.6) is 0 Å². The molecule has 0 atom stereocenters. The minimum Gasteiger partial charge on any atom is -1.00 e. The van der Waals surface area contributed by atoms with E-state index < -0.39 is 0 Å². The average molecular weight is 147 g/mol. The monoisotopic (exact) mass is 147 g/mol. The minimum absolute atomic E-state index is 0. The Balaban J connectivity index is -0.0000000450. The summed E-state index contributed by atoms with van der Waals surface area (Å²) in [4.78, 5) is 3.78. The molecule has 0 spiro atoms. The van der Waals surface area contributed by atoms with E-state index in [4.69, 9.17) is 0 Å². The Morgan fingerprint density at radius 1 is 0.700 bits per heavy atom. The van der Waals surface area contributed by atoms with E-state index in [1.165, 1.54) is 0 Å². The zero-order valence-corrected chi connectivity index (χ0v) is 5.05. The molecule has 0 saturated carbocycles. The molecule has 0 aromatic carbocycles. The summed E-state index contributed by atoms with van der Waals surface area (Å²) in [6.45, 7) is 0. The molecule has 0 aliphatic rings. The van der Waals surface area contributed by atoms with Crippen LogP contribution in [0, 0.1) is 0 Å². The molecule has 1 nitrogen and oxygen atoms in total. The fraction of sp³-hybridized carbons (Fsp3) is 0. The van der Waals surface area contributed by atoms with E-state index in [-0.39, 0.29) is 22.5 Å². The standard InChI is InChI=1S/C5H5N.B.3FH/c1-2-4-6-5-3-1;;;;/h1-5H;;3*1H/q;+3;;;/p-3. The number of hydrogen-bond acceptors (Lipinski definition) is 1. The van der Waals surface area contributed by atoms with Crippen molar-refractivity contribution in [3.63, 3.8) is 0 Å². The summed E-state index contributed by atoms with van der Waals surface area (Å²) < 4.78 is 0. The van der Waals surface area contributed by atoms with Gasteiger partial charge in [0.05, 0.1) is 0 Å². The Labute approximate surface area is 59.2 Å². The zero-order chi connectivity index (χ0) is 4.24. The molecule has 0 saturated heterocycles. The summed E-state index contributed by atoms with van der Waals surface area (Å²) in [5.41, 5.74) is 0. The van der Waals surface area contributed by atoms with Gasteiger partial charge in [-0.15, -0.1) is 0 Å². The third kappa shape index (κ3) is 10.1. The van der Waals surface area contributed by atoms with E-state index in [0.29, 0.717) is 0 Å². The molecular formula is C5H5BF3N. The summed E-state index contributed by atoms with van der Waals surface area (Å²) in [5, 5.41) is 0. The fourth-order valence-corrected chi connectivity index (χ4v) is 0.313. The topological polar surface area (TPSA) is 12.9 Å². The Bertz CT molecular complexity index is 88.8. The van der Waals surface area contributed by atoms with Gasteiger partial charge in [0.15, 0.2) is 0 Å². The maximum absolute atomic E-state index is 3.78. The fourth-order valence-electron chi connectivity index (χ4n) is 0.313. The molecule has 0 radical (unpaired) electrons. The molecule has 1 rings (SSSR count). The maximum Gasteiger partial charge on any atom is 3.00 e.